The van der Waals surface area contributed by atoms with Gasteiger partial charge in [0.1, 0.15) is 0 Å². The summed E-state index contributed by atoms with van der Waals surface area (Å²) >= 11 is 9.00. The Bertz CT molecular complexity index is 939. The number of aryl methyl sites for hydroxylation is 1. The topological polar surface area (TPSA) is 79.4 Å². The predicted octanol–water partition coefficient (Wildman–Crippen LogP) is 4.40. The second-order valence-electron chi connectivity index (χ2n) is 6.55. The second kappa shape index (κ2) is 9.58. The molecule has 28 heavy (non-hydrogen) atoms. The zero-order valence-corrected chi connectivity index (χ0v) is 18.7. The largest absolute Gasteiger partial charge is 0.324 e. The van der Waals surface area contributed by atoms with Crippen LogP contribution in [0.25, 0.3) is 0 Å². The van der Waals surface area contributed by atoms with E-state index in [2.05, 4.69) is 10.3 Å². The lowest BCUT2D eigenvalue weighted by atomic mass is 10.2. The minimum atomic E-state index is -3.60. The lowest BCUT2D eigenvalue weighted by Gasteiger charge is -2.20. The molecule has 152 valence electrons. The molecule has 0 aliphatic carbocycles. The Morgan fingerprint density at radius 1 is 1.29 bits per heavy atom. The SMILES string of the molecule is Cc1csc(SCC(=O)Nc2cc(S(=O)(=O)N3CCCCCC3)ccc2Cl)n1. The number of carbonyl (C=O) groups is 1. The van der Waals surface area contributed by atoms with Crippen LogP contribution in [0.15, 0.2) is 32.8 Å². The van der Waals surface area contributed by atoms with E-state index in [9.17, 15) is 13.2 Å². The number of sulfonamides is 1. The zero-order chi connectivity index (χ0) is 20.1. The third-order valence-corrected chi connectivity index (χ3v) is 8.70. The van der Waals surface area contributed by atoms with Crippen LogP contribution in [0.4, 0.5) is 5.69 Å². The maximum absolute atomic E-state index is 13.0. The number of aromatic nitrogens is 1. The number of hydrogen-bond donors (Lipinski definition) is 1. The molecule has 2 aromatic rings. The molecule has 0 radical (unpaired) electrons. The highest BCUT2D eigenvalue weighted by Crippen LogP contribution is 2.29. The number of halogens is 1. The van der Waals surface area contributed by atoms with Crippen molar-refractivity contribution in [1.29, 1.82) is 0 Å². The molecule has 1 aliphatic rings. The maximum Gasteiger partial charge on any atom is 0.243 e. The highest BCUT2D eigenvalue weighted by atomic mass is 35.5. The highest BCUT2D eigenvalue weighted by Gasteiger charge is 2.26. The van der Waals surface area contributed by atoms with Crippen molar-refractivity contribution in [2.75, 3.05) is 24.2 Å². The number of amides is 1. The Labute approximate surface area is 178 Å². The van der Waals surface area contributed by atoms with Gasteiger partial charge in [-0.2, -0.15) is 4.31 Å². The maximum atomic E-state index is 13.0. The summed E-state index contributed by atoms with van der Waals surface area (Å²) in [6.45, 7) is 2.95. The van der Waals surface area contributed by atoms with Gasteiger partial charge >= 0.3 is 0 Å². The molecular weight excluding hydrogens is 438 g/mol. The van der Waals surface area contributed by atoms with Gasteiger partial charge in [0.05, 0.1) is 21.4 Å². The van der Waals surface area contributed by atoms with Crippen LogP contribution in [0.1, 0.15) is 31.4 Å². The minimum absolute atomic E-state index is 0.150. The number of rotatable bonds is 6. The first-order chi connectivity index (χ1) is 13.4. The monoisotopic (exact) mass is 459 g/mol. The van der Waals surface area contributed by atoms with E-state index >= 15 is 0 Å². The van der Waals surface area contributed by atoms with E-state index in [0.717, 1.165) is 35.7 Å². The van der Waals surface area contributed by atoms with Crippen molar-refractivity contribution in [3.63, 3.8) is 0 Å². The van der Waals surface area contributed by atoms with E-state index in [1.807, 2.05) is 12.3 Å². The molecule has 1 aromatic heterocycles. The fraction of sp³-hybridized carbons (Fsp3) is 0.444. The third kappa shape index (κ3) is 5.48. The summed E-state index contributed by atoms with van der Waals surface area (Å²) in [5.41, 5.74) is 1.22. The molecular formula is C18H22ClN3O3S3. The number of anilines is 1. The smallest absolute Gasteiger partial charge is 0.243 e. The lowest BCUT2D eigenvalue weighted by Crippen LogP contribution is -2.32. The molecule has 1 N–H and O–H groups in total. The molecule has 0 saturated carbocycles. The molecule has 0 spiro atoms. The van der Waals surface area contributed by atoms with Gasteiger partial charge < -0.3 is 5.32 Å². The number of benzene rings is 1. The van der Waals surface area contributed by atoms with Crippen LogP contribution in [0, 0.1) is 6.92 Å². The van der Waals surface area contributed by atoms with Crippen molar-refractivity contribution in [3.05, 3.63) is 34.3 Å². The van der Waals surface area contributed by atoms with Crippen molar-refractivity contribution >= 4 is 56.3 Å². The van der Waals surface area contributed by atoms with Gasteiger partial charge in [0.25, 0.3) is 0 Å². The van der Waals surface area contributed by atoms with E-state index in [0.29, 0.717) is 23.8 Å². The van der Waals surface area contributed by atoms with Gasteiger partial charge in [-0.25, -0.2) is 13.4 Å². The number of nitrogens with one attached hydrogen (secondary N) is 1. The number of thiazole rings is 1. The minimum Gasteiger partial charge on any atom is -0.324 e. The van der Waals surface area contributed by atoms with Crippen LogP contribution in [-0.2, 0) is 14.8 Å². The molecule has 1 fully saturated rings. The summed E-state index contributed by atoms with van der Waals surface area (Å²) < 4.78 is 28.3. The van der Waals surface area contributed by atoms with Crippen molar-refractivity contribution in [2.24, 2.45) is 0 Å². The fourth-order valence-electron chi connectivity index (χ4n) is 2.90. The summed E-state index contributed by atoms with van der Waals surface area (Å²) in [4.78, 5) is 16.7. The number of nitrogens with zero attached hydrogens (tertiary/aromatic N) is 2. The van der Waals surface area contributed by atoms with Crippen molar-refractivity contribution in [2.45, 2.75) is 41.8 Å². The van der Waals surface area contributed by atoms with Gasteiger partial charge in [-0.3, -0.25) is 4.79 Å². The van der Waals surface area contributed by atoms with Gasteiger partial charge in [-0.05, 0) is 38.0 Å². The summed E-state index contributed by atoms with van der Waals surface area (Å²) in [6.07, 6.45) is 3.82. The molecule has 1 saturated heterocycles. The lowest BCUT2D eigenvalue weighted by molar-refractivity contribution is -0.113. The summed E-state index contributed by atoms with van der Waals surface area (Å²) in [5.74, 6) is -0.0871. The molecule has 1 aliphatic heterocycles. The molecule has 6 nitrogen and oxygen atoms in total. The van der Waals surface area contributed by atoms with Crippen LogP contribution in [0.5, 0.6) is 0 Å². The van der Waals surface area contributed by atoms with Crippen molar-refractivity contribution < 1.29 is 13.2 Å². The Balaban J connectivity index is 1.70. The first-order valence-corrected chi connectivity index (χ1v) is 12.7. The molecule has 2 heterocycles. The van der Waals surface area contributed by atoms with E-state index in [4.69, 9.17) is 11.6 Å². The van der Waals surface area contributed by atoms with E-state index in [1.165, 1.54) is 45.6 Å². The van der Waals surface area contributed by atoms with E-state index in [-0.39, 0.29) is 16.6 Å². The van der Waals surface area contributed by atoms with Gasteiger partial charge in [0, 0.05) is 24.2 Å². The summed E-state index contributed by atoms with van der Waals surface area (Å²) in [5, 5.41) is 4.95. The van der Waals surface area contributed by atoms with Crippen LogP contribution in [0.2, 0.25) is 5.02 Å². The van der Waals surface area contributed by atoms with Crippen molar-refractivity contribution in [1.82, 2.24) is 9.29 Å². The molecule has 0 bridgehead atoms. The Morgan fingerprint density at radius 3 is 2.64 bits per heavy atom. The molecule has 0 atom stereocenters. The van der Waals surface area contributed by atoms with Gasteiger partial charge in [-0.15, -0.1) is 11.3 Å². The number of thioether (sulfide) groups is 1. The number of carbonyl (C=O) groups excluding carboxylic acids is 1. The standard InChI is InChI=1S/C18H22ClN3O3S3/c1-13-11-26-18(20-13)27-12-17(23)21-16-10-14(6-7-15(16)19)28(24,25)22-8-4-2-3-5-9-22/h6-7,10-11H,2-5,8-9,12H2,1H3,(H,21,23). The molecule has 0 unspecified atom stereocenters. The van der Waals surface area contributed by atoms with Crippen molar-refractivity contribution in [3.8, 4) is 0 Å². The Hall–Kier alpha value is -1.13. The molecule has 10 heteroatoms. The van der Waals surface area contributed by atoms with Gasteiger partial charge in [-0.1, -0.05) is 36.2 Å². The predicted molar refractivity (Wildman–Crippen MR) is 115 cm³/mol. The van der Waals surface area contributed by atoms with Gasteiger partial charge in [0.15, 0.2) is 4.34 Å². The van der Waals surface area contributed by atoms with Gasteiger partial charge in [0.2, 0.25) is 15.9 Å². The average molecular weight is 460 g/mol. The van der Waals surface area contributed by atoms with Crippen LogP contribution < -0.4 is 5.32 Å². The Morgan fingerprint density at radius 2 is 2.00 bits per heavy atom. The average Bonchev–Trinajstić information content (AvgIpc) is 2.90. The summed E-state index contributed by atoms with van der Waals surface area (Å²) in [6, 6.07) is 4.45. The Kier molecular flexibility index (Phi) is 7.38. The number of hydrogen-bond acceptors (Lipinski definition) is 6. The highest BCUT2D eigenvalue weighted by molar-refractivity contribution is 8.01. The first-order valence-electron chi connectivity index (χ1n) is 9.01. The quantitative estimate of drug-likeness (QED) is 0.647. The molecule has 1 amide bonds. The molecule has 3 rings (SSSR count). The van der Waals surface area contributed by atoms with Crippen LogP contribution >= 0.6 is 34.7 Å². The first kappa shape index (κ1) is 21.6. The summed E-state index contributed by atoms with van der Waals surface area (Å²) in [7, 11) is -3.60. The second-order valence-corrected chi connectivity index (χ2v) is 11.0. The van der Waals surface area contributed by atoms with E-state index < -0.39 is 10.0 Å². The van der Waals surface area contributed by atoms with E-state index in [1.54, 1.807) is 0 Å². The van der Waals surface area contributed by atoms with Crippen LogP contribution in [-0.4, -0.2) is 42.5 Å². The molecule has 1 aromatic carbocycles. The fourth-order valence-corrected chi connectivity index (χ4v) is 6.26. The van der Waals surface area contributed by atoms with Crippen LogP contribution in [0.3, 0.4) is 0 Å². The third-order valence-electron chi connectivity index (χ3n) is 4.34. The normalized spacial score (nSPS) is 15.9. The zero-order valence-electron chi connectivity index (χ0n) is 15.5.